The Morgan fingerprint density at radius 2 is 1.85 bits per heavy atom. The molecular weight excluding hydrogens is 340 g/mol. The molecule has 0 saturated carbocycles. The number of amides is 1. The van der Waals surface area contributed by atoms with Crippen LogP contribution >= 0.6 is 0 Å². The third-order valence-electron chi connectivity index (χ3n) is 4.50. The van der Waals surface area contributed by atoms with Crippen molar-refractivity contribution in [3.8, 4) is 11.5 Å². The molecule has 2 aromatic carbocycles. The van der Waals surface area contributed by atoms with Gasteiger partial charge in [0.25, 0.3) is 5.91 Å². The number of fused-ring (bicyclic) bond motifs is 1. The first-order valence-corrected chi connectivity index (χ1v) is 8.89. The van der Waals surface area contributed by atoms with Crippen LogP contribution in [0.3, 0.4) is 0 Å². The molecule has 0 fully saturated rings. The van der Waals surface area contributed by atoms with Gasteiger partial charge in [0, 0.05) is 17.6 Å². The highest BCUT2D eigenvalue weighted by molar-refractivity contribution is 6.06. The van der Waals surface area contributed by atoms with Crippen molar-refractivity contribution in [2.75, 3.05) is 20.8 Å². The highest BCUT2D eigenvalue weighted by Gasteiger charge is 2.13. The largest absolute Gasteiger partial charge is 0.497 e. The van der Waals surface area contributed by atoms with Crippen LogP contribution in [-0.4, -0.2) is 31.7 Å². The molecule has 3 aromatic rings. The zero-order valence-electron chi connectivity index (χ0n) is 16.1. The molecule has 3 rings (SSSR count). The average molecular weight is 364 g/mol. The van der Waals surface area contributed by atoms with Crippen LogP contribution in [0, 0.1) is 13.8 Å². The average Bonchev–Trinajstić information content (AvgIpc) is 2.67. The van der Waals surface area contributed by atoms with E-state index < -0.39 is 0 Å². The number of pyridine rings is 1. The Labute approximate surface area is 159 Å². The van der Waals surface area contributed by atoms with Gasteiger partial charge in [-0.15, -0.1) is 0 Å². The fourth-order valence-electron chi connectivity index (χ4n) is 3.14. The van der Waals surface area contributed by atoms with Crippen molar-refractivity contribution in [1.29, 1.82) is 0 Å². The normalized spacial score (nSPS) is 10.7. The van der Waals surface area contributed by atoms with Crippen LogP contribution in [0.25, 0.3) is 10.9 Å². The van der Waals surface area contributed by atoms with E-state index >= 15 is 0 Å². The molecule has 0 unspecified atom stereocenters. The number of benzene rings is 2. The molecular formula is C22H24N2O3. The first kappa shape index (κ1) is 18.7. The lowest BCUT2D eigenvalue weighted by atomic mass is 10.0. The molecule has 5 heteroatoms. The van der Waals surface area contributed by atoms with Crippen LogP contribution in [0.1, 0.15) is 27.2 Å². The molecule has 140 valence electrons. The van der Waals surface area contributed by atoms with E-state index in [2.05, 4.69) is 10.3 Å². The number of methoxy groups -OCH3 is 2. The van der Waals surface area contributed by atoms with Crippen molar-refractivity contribution in [2.24, 2.45) is 0 Å². The summed E-state index contributed by atoms with van der Waals surface area (Å²) >= 11 is 0. The summed E-state index contributed by atoms with van der Waals surface area (Å²) in [6.07, 6.45) is 0.646. The minimum atomic E-state index is -0.0991. The number of nitrogens with zero attached hydrogens (tertiary/aromatic N) is 1. The lowest BCUT2D eigenvalue weighted by molar-refractivity contribution is 0.0955. The predicted molar refractivity (Wildman–Crippen MR) is 107 cm³/mol. The van der Waals surface area contributed by atoms with Crippen LogP contribution in [0.2, 0.25) is 0 Å². The fourth-order valence-corrected chi connectivity index (χ4v) is 3.14. The van der Waals surface area contributed by atoms with Crippen LogP contribution in [0.5, 0.6) is 11.5 Å². The van der Waals surface area contributed by atoms with E-state index in [0.29, 0.717) is 18.5 Å². The maximum atomic E-state index is 12.8. The first-order chi connectivity index (χ1) is 13.0. The highest BCUT2D eigenvalue weighted by atomic mass is 16.5. The van der Waals surface area contributed by atoms with Gasteiger partial charge in [0.15, 0.2) is 0 Å². The van der Waals surface area contributed by atoms with Crippen molar-refractivity contribution >= 4 is 16.8 Å². The Hall–Kier alpha value is -3.08. The Morgan fingerprint density at radius 3 is 2.59 bits per heavy atom. The highest BCUT2D eigenvalue weighted by Crippen LogP contribution is 2.24. The molecule has 0 bridgehead atoms. The van der Waals surface area contributed by atoms with Gasteiger partial charge in [-0.2, -0.15) is 0 Å². The van der Waals surface area contributed by atoms with Gasteiger partial charge >= 0.3 is 0 Å². The van der Waals surface area contributed by atoms with Crippen LogP contribution in [0.4, 0.5) is 0 Å². The number of carbonyl (C=O) groups is 1. The first-order valence-electron chi connectivity index (χ1n) is 8.89. The Bertz CT molecular complexity index is 983. The van der Waals surface area contributed by atoms with Gasteiger partial charge in [0.2, 0.25) is 0 Å². The van der Waals surface area contributed by atoms with Crippen molar-refractivity contribution in [3.63, 3.8) is 0 Å². The zero-order chi connectivity index (χ0) is 19.4. The SMILES string of the molecule is COc1ccc(OC)c(CCNC(=O)c2cc(C)nc3ccc(C)cc23)c1. The van der Waals surface area contributed by atoms with Gasteiger partial charge in [-0.1, -0.05) is 11.6 Å². The summed E-state index contributed by atoms with van der Waals surface area (Å²) in [5.74, 6) is 1.45. The predicted octanol–water partition coefficient (Wildman–Crippen LogP) is 3.84. The van der Waals surface area contributed by atoms with E-state index in [9.17, 15) is 4.79 Å². The molecule has 1 aromatic heterocycles. The number of rotatable bonds is 6. The summed E-state index contributed by atoms with van der Waals surface area (Å²) in [4.78, 5) is 17.3. The summed E-state index contributed by atoms with van der Waals surface area (Å²) in [5, 5.41) is 3.88. The smallest absolute Gasteiger partial charge is 0.252 e. The van der Waals surface area contributed by atoms with Crippen molar-refractivity contribution in [1.82, 2.24) is 10.3 Å². The summed E-state index contributed by atoms with van der Waals surface area (Å²) in [5.41, 5.74) is 4.40. The topological polar surface area (TPSA) is 60.5 Å². The molecule has 27 heavy (non-hydrogen) atoms. The van der Waals surface area contributed by atoms with Gasteiger partial charge in [0.05, 0.1) is 25.3 Å². The number of hydrogen-bond acceptors (Lipinski definition) is 4. The van der Waals surface area contributed by atoms with E-state index in [1.54, 1.807) is 14.2 Å². The number of aryl methyl sites for hydroxylation is 2. The molecule has 0 aliphatic heterocycles. The van der Waals surface area contributed by atoms with Gasteiger partial charge in [-0.3, -0.25) is 9.78 Å². The molecule has 1 heterocycles. The number of aromatic nitrogens is 1. The van der Waals surface area contributed by atoms with Gasteiger partial charge in [-0.05, 0) is 62.2 Å². The Balaban J connectivity index is 1.77. The van der Waals surface area contributed by atoms with E-state index in [1.807, 2.05) is 56.3 Å². The molecule has 0 atom stereocenters. The summed E-state index contributed by atoms with van der Waals surface area (Å²) in [6, 6.07) is 13.5. The van der Waals surface area contributed by atoms with Crippen molar-refractivity contribution in [3.05, 3.63) is 64.8 Å². The summed E-state index contributed by atoms with van der Waals surface area (Å²) < 4.78 is 10.7. The van der Waals surface area contributed by atoms with E-state index in [0.717, 1.165) is 39.2 Å². The second kappa shape index (κ2) is 8.08. The van der Waals surface area contributed by atoms with Gasteiger partial charge in [0.1, 0.15) is 11.5 Å². The molecule has 0 aliphatic rings. The summed E-state index contributed by atoms with van der Waals surface area (Å²) in [6.45, 7) is 4.41. The van der Waals surface area contributed by atoms with Gasteiger partial charge < -0.3 is 14.8 Å². The second-order valence-electron chi connectivity index (χ2n) is 6.52. The molecule has 0 spiro atoms. The summed E-state index contributed by atoms with van der Waals surface area (Å²) in [7, 11) is 3.27. The van der Waals surface area contributed by atoms with Crippen molar-refractivity contribution < 1.29 is 14.3 Å². The maximum absolute atomic E-state index is 12.8. The molecule has 0 saturated heterocycles. The zero-order valence-corrected chi connectivity index (χ0v) is 16.1. The third kappa shape index (κ3) is 4.19. The van der Waals surface area contributed by atoms with E-state index in [-0.39, 0.29) is 5.91 Å². The van der Waals surface area contributed by atoms with Gasteiger partial charge in [-0.25, -0.2) is 0 Å². The number of carbonyl (C=O) groups excluding carboxylic acids is 1. The van der Waals surface area contributed by atoms with Crippen LogP contribution in [-0.2, 0) is 6.42 Å². The lowest BCUT2D eigenvalue weighted by Gasteiger charge is -2.12. The third-order valence-corrected chi connectivity index (χ3v) is 4.50. The fraction of sp³-hybridized carbons (Fsp3) is 0.273. The number of nitrogens with one attached hydrogen (secondary N) is 1. The Kier molecular flexibility index (Phi) is 5.60. The number of hydrogen-bond donors (Lipinski definition) is 1. The minimum absolute atomic E-state index is 0.0991. The molecule has 1 N–H and O–H groups in total. The van der Waals surface area contributed by atoms with Crippen LogP contribution in [0.15, 0.2) is 42.5 Å². The minimum Gasteiger partial charge on any atom is -0.497 e. The second-order valence-corrected chi connectivity index (χ2v) is 6.52. The maximum Gasteiger partial charge on any atom is 0.252 e. The van der Waals surface area contributed by atoms with E-state index in [4.69, 9.17) is 9.47 Å². The van der Waals surface area contributed by atoms with Crippen LogP contribution < -0.4 is 14.8 Å². The molecule has 1 amide bonds. The van der Waals surface area contributed by atoms with E-state index in [1.165, 1.54) is 0 Å². The standard InChI is InChI=1S/C22H24N2O3/c1-14-5-7-20-18(11-14)19(12-15(2)24-20)22(25)23-10-9-16-13-17(26-3)6-8-21(16)27-4/h5-8,11-13H,9-10H2,1-4H3,(H,23,25). The lowest BCUT2D eigenvalue weighted by Crippen LogP contribution is -2.26. The number of ether oxygens (including phenoxy) is 2. The monoisotopic (exact) mass is 364 g/mol. The molecule has 5 nitrogen and oxygen atoms in total. The van der Waals surface area contributed by atoms with Crippen molar-refractivity contribution in [2.45, 2.75) is 20.3 Å². The quantitative estimate of drug-likeness (QED) is 0.722. The molecule has 0 aliphatic carbocycles. The molecule has 0 radical (unpaired) electrons. The Morgan fingerprint density at radius 1 is 1.04 bits per heavy atom.